The van der Waals surface area contributed by atoms with Gasteiger partial charge in [0.1, 0.15) is 11.4 Å². The smallest absolute Gasteiger partial charge is 0.271 e. The molecule has 1 heterocycles. The first-order valence-corrected chi connectivity index (χ1v) is 7.16. The van der Waals surface area contributed by atoms with Crippen LogP contribution in [0.15, 0.2) is 46.9 Å². The van der Waals surface area contributed by atoms with E-state index in [0.717, 1.165) is 0 Å². The molecule has 1 N–H and O–H groups in total. The fraction of sp³-hybridized carbons (Fsp3) is 0.118. The number of halogens is 1. The Hall–Kier alpha value is -3.22. The van der Waals surface area contributed by atoms with Crippen molar-refractivity contribution in [3.05, 3.63) is 69.7 Å². The minimum Gasteiger partial charge on any atom is -0.453 e. The zero-order valence-electron chi connectivity index (χ0n) is 12.7. The lowest BCUT2D eigenvalue weighted by Gasteiger charge is -2.04. The number of anilines is 1. The first-order chi connectivity index (χ1) is 11.5. The second-order valence-corrected chi connectivity index (χ2v) is 5.28. The maximum absolute atomic E-state index is 13.3. The summed E-state index contributed by atoms with van der Waals surface area (Å²) in [6.07, 6.45) is 0. The molecule has 0 bridgehead atoms. The Balaban J connectivity index is 1.79. The Morgan fingerprint density at radius 3 is 2.83 bits per heavy atom. The molecule has 0 spiro atoms. The van der Waals surface area contributed by atoms with Crippen molar-refractivity contribution in [2.24, 2.45) is 0 Å². The van der Waals surface area contributed by atoms with Gasteiger partial charge in [0.15, 0.2) is 5.76 Å². The van der Waals surface area contributed by atoms with E-state index in [9.17, 15) is 19.3 Å². The Morgan fingerprint density at radius 1 is 1.29 bits per heavy atom. The molecule has 3 rings (SSSR count). The molecule has 0 saturated heterocycles. The van der Waals surface area contributed by atoms with Crippen LogP contribution in [0.5, 0.6) is 0 Å². The van der Waals surface area contributed by atoms with Crippen molar-refractivity contribution < 1.29 is 18.5 Å². The topological polar surface area (TPSA) is 85.4 Å². The number of nitrogens with one attached hydrogen (secondary N) is 1. The van der Waals surface area contributed by atoms with Gasteiger partial charge in [-0.25, -0.2) is 4.39 Å². The van der Waals surface area contributed by atoms with E-state index in [1.54, 1.807) is 13.0 Å². The van der Waals surface area contributed by atoms with Crippen molar-refractivity contribution >= 4 is 28.1 Å². The highest BCUT2D eigenvalue weighted by atomic mass is 19.1. The molecule has 0 atom stereocenters. The molecule has 2 aromatic carbocycles. The van der Waals surface area contributed by atoms with Gasteiger partial charge in [-0.3, -0.25) is 14.9 Å². The van der Waals surface area contributed by atoms with Crippen LogP contribution in [0.2, 0.25) is 0 Å². The molecule has 0 unspecified atom stereocenters. The first kappa shape index (κ1) is 15.7. The fourth-order valence-electron chi connectivity index (χ4n) is 2.45. The third-order valence-corrected chi connectivity index (χ3v) is 3.66. The van der Waals surface area contributed by atoms with Gasteiger partial charge in [-0.2, -0.15) is 0 Å². The first-order valence-electron chi connectivity index (χ1n) is 7.16. The van der Waals surface area contributed by atoms with Crippen LogP contribution >= 0.6 is 0 Å². The van der Waals surface area contributed by atoms with Gasteiger partial charge in [-0.05, 0) is 31.2 Å². The Kier molecular flexibility index (Phi) is 3.99. The van der Waals surface area contributed by atoms with Gasteiger partial charge in [0.05, 0.1) is 11.5 Å². The molecule has 0 radical (unpaired) electrons. The third-order valence-electron chi connectivity index (χ3n) is 3.66. The molecule has 7 heteroatoms. The number of carbonyl (C=O) groups is 1. The quantitative estimate of drug-likeness (QED) is 0.433. The number of nitrogens with zero attached hydrogens (tertiary/aromatic N) is 1. The third kappa shape index (κ3) is 2.96. The predicted molar refractivity (Wildman–Crippen MR) is 86.8 cm³/mol. The predicted octanol–water partition coefficient (Wildman–Crippen LogP) is 4.08. The second-order valence-electron chi connectivity index (χ2n) is 5.28. The minimum absolute atomic E-state index is 0.0668. The van der Waals surface area contributed by atoms with Crippen LogP contribution in [0.25, 0.3) is 11.0 Å². The molecular weight excluding hydrogens is 315 g/mol. The zero-order chi connectivity index (χ0) is 17.3. The van der Waals surface area contributed by atoms with Crippen LogP contribution in [0.4, 0.5) is 15.8 Å². The summed E-state index contributed by atoms with van der Waals surface area (Å²) in [4.78, 5) is 22.6. The number of fused-ring (bicyclic) bond motifs is 1. The van der Waals surface area contributed by atoms with E-state index in [0.29, 0.717) is 22.2 Å². The molecule has 0 fully saturated rings. The lowest BCUT2D eigenvalue weighted by molar-refractivity contribution is -0.384. The number of nitro benzene ring substituents is 1. The lowest BCUT2D eigenvalue weighted by atomic mass is 10.1. The number of Topliss-reactive ketones (excluding diaryl/α,β-unsaturated/α-hetero) is 1. The number of hydrogen-bond donors (Lipinski definition) is 1. The number of non-ortho nitro benzene ring substituents is 1. The summed E-state index contributed by atoms with van der Waals surface area (Å²) in [7, 11) is 0. The van der Waals surface area contributed by atoms with E-state index in [4.69, 9.17) is 4.42 Å². The van der Waals surface area contributed by atoms with E-state index in [2.05, 4.69) is 5.32 Å². The van der Waals surface area contributed by atoms with Crippen molar-refractivity contribution in [1.29, 1.82) is 0 Å². The maximum Gasteiger partial charge on any atom is 0.271 e. The molecule has 3 aromatic rings. The molecule has 6 nitrogen and oxygen atoms in total. The van der Waals surface area contributed by atoms with Crippen LogP contribution in [-0.4, -0.2) is 17.3 Å². The summed E-state index contributed by atoms with van der Waals surface area (Å²) in [5, 5.41) is 14.1. The molecule has 24 heavy (non-hydrogen) atoms. The van der Waals surface area contributed by atoms with Crippen LogP contribution in [0.1, 0.15) is 16.1 Å². The molecule has 1 aromatic heterocycles. The minimum atomic E-state index is -0.509. The van der Waals surface area contributed by atoms with Crippen molar-refractivity contribution in [1.82, 2.24) is 0 Å². The highest BCUT2D eigenvalue weighted by molar-refractivity contribution is 6.02. The summed E-state index contributed by atoms with van der Waals surface area (Å²) in [6, 6.07) is 9.92. The Labute approximate surface area is 136 Å². The number of nitro groups is 1. The van der Waals surface area contributed by atoms with E-state index in [-0.39, 0.29) is 23.8 Å². The van der Waals surface area contributed by atoms with E-state index in [1.807, 2.05) is 0 Å². The van der Waals surface area contributed by atoms with E-state index >= 15 is 0 Å². The van der Waals surface area contributed by atoms with Crippen LogP contribution < -0.4 is 5.32 Å². The molecule has 0 aliphatic heterocycles. The average Bonchev–Trinajstić information content (AvgIpc) is 2.89. The van der Waals surface area contributed by atoms with Crippen molar-refractivity contribution in [3.63, 3.8) is 0 Å². The van der Waals surface area contributed by atoms with Crippen LogP contribution in [0, 0.1) is 22.9 Å². The normalized spacial score (nSPS) is 10.8. The van der Waals surface area contributed by atoms with Gasteiger partial charge in [0.2, 0.25) is 5.78 Å². The van der Waals surface area contributed by atoms with Gasteiger partial charge in [0.25, 0.3) is 5.69 Å². The van der Waals surface area contributed by atoms with Crippen LogP contribution in [0.3, 0.4) is 0 Å². The Morgan fingerprint density at radius 2 is 2.08 bits per heavy atom. The molecule has 122 valence electrons. The van der Waals surface area contributed by atoms with Gasteiger partial charge in [0, 0.05) is 28.8 Å². The second kappa shape index (κ2) is 6.11. The van der Waals surface area contributed by atoms with Crippen molar-refractivity contribution in [2.45, 2.75) is 6.92 Å². The van der Waals surface area contributed by atoms with Gasteiger partial charge in [-0.1, -0.05) is 6.07 Å². The number of rotatable bonds is 5. The van der Waals surface area contributed by atoms with Crippen molar-refractivity contribution in [3.8, 4) is 0 Å². The summed E-state index contributed by atoms with van der Waals surface area (Å²) in [5.41, 5.74) is 1.39. The summed E-state index contributed by atoms with van der Waals surface area (Å²) >= 11 is 0. The highest BCUT2D eigenvalue weighted by Crippen LogP contribution is 2.26. The number of hydrogen-bond acceptors (Lipinski definition) is 5. The summed E-state index contributed by atoms with van der Waals surface area (Å²) in [6.45, 7) is 1.59. The lowest BCUT2D eigenvalue weighted by Crippen LogP contribution is -2.14. The van der Waals surface area contributed by atoms with Gasteiger partial charge < -0.3 is 9.73 Å². The maximum atomic E-state index is 13.3. The monoisotopic (exact) mass is 328 g/mol. The zero-order valence-corrected chi connectivity index (χ0v) is 12.7. The summed E-state index contributed by atoms with van der Waals surface area (Å²) in [5.74, 6) is -0.579. The van der Waals surface area contributed by atoms with Crippen LogP contribution in [-0.2, 0) is 0 Å². The van der Waals surface area contributed by atoms with E-state index < -0.39 is 10.7 Å². The summed E-state index contributed by atoms with van der Waals surface area (Å²) < 4.78 is 18.8. The number of aryl methyl sites for hydroxylation is 1. The largest absolute Gasteiger partial charge is 0.453 e. The molecule has 0 saturated carbocycles. The van der Waals surface area contributed by atoms with Gasteiger partial charge in [-0.15, -0.1) is 0 Å². The number of ketones is 1. The molecular formula is C17H13FN2O4. The highest BCUT2D eigenvalue weighted by Gasteiger charge is 2.18. The Bertz CT molecular complexity index is 949. The SMILES string of the molecule is Cc1c(C(=O)CNc2cccc([N+](=O)[O-])c2)oc2ccc(F)cc12. The molecule has 0 amide bonds. The molecule has 0 aliphatic rings. The van der Waals surface area contributed by atoms with Gasteiger partial charge >= 0.3 is 0 Å². The molecule has 0 aliphatic carbocycles. The van der Waals surface area contributed by atoms with E-state index in [1.165, 1.54) is 36.4 Å². The number of carbonyl (C=O) groups excluding carboxylic acids is 1. The number of benzene rings is 2. The fourth-order valence-corrected chi connectivity index (χ4v) is 2.45. The standard InChI is InChI=1S/C17H13FN2O4/c1-10-14-7-11(18)5-6-16(14)24-17(10)15(21)9-19-12-3-2-4-13(8-12)20(22)23/h2-8,19H,9H2,1H3. The van der Waals surface area contributed by atoms with Crippen molar-refractivity contribution in [2.75, 3.05) is 11.9 Å². The number of furan rings is 1. The average molecular weight is 328 g/mol.